The average Bonchev–Trinajstić information content (AvgIpc) is 2.76. The van der Waals surface area contributed by atoms with E-state index in [9.17, 15) is 4.79 Å². The zero-order valence-corrected chi connectivity index (χ0v) is 10.6. The van der Waals surface area contributed by atoms with Gasteiger partial charge in [0, 0.05) is 5.41 Å². The Morgan fingerprint density at radius 1 is 1.39 bits per heavy atom. The fourth-order valence-corrected chi connectivity index (χ4v) is 3.40. The summed E-state index contributed by atoms with van der Waals surface area (Å²) in [6.07, 6.45) is 4.93. The van der Waals surface area contributed by atoms with E-state index >= 15 is 0 Å². The summed E-state index contributed by atoms with van der Waals surface area (Å²) in [4.78, 5) is 11.7. The fourth-order valence-electron chi connectivity index (χ4n) is 3.40. The first-order valence-electron chi connectivity index (χ1n) is 6.59. The molecule has 1 aliphatic carbocycles. The van der Waals surface area contributed by atoms with Gasteiger partial charge in [-0.15, -0.1) is 0 Å². The summed E-state index contributed by atoms with van der Waals surface area (Å²) in [5, 5.41) is 0. The summed E-state index contributed by atoms with van der Waals surface area (Å²) < 4.78 is 10.8. The Labute approximate surface area is 107 Å². The van der Waals surface area contributed by atoms with Crippen LogP contribution in [0.1, 0.15) is 37.7 Å². The number of carbonyl (C=O) groups excluding carboxylic acids is 1. The molecule has 1 heterocycles. The van der Waals surface area contributed by atoms with Crippen molar-refractivity contribution in [1.82, 2.24) is 0 Å². The third-order valence-electron chi connectivity index (χ3n) is 4.33. The maximum atomic E-state index is 11.7. The topological polar surface area (TPSA) is 35.5 Å². The molecule has 0 amide bonds. The van der Waals surface area contributed by atoms with Crippen molar-refractivity contribution in [3.05, 3.63) is 29.8 Å². The summed E-state index contributed by atoms with van der Waals surface area (Å²) in [6, 6.07) is 8.09. The lowest BCUT2D eigenvalue weighted by Crippen LogP contribution is -2.38. The highest BCUT2D eigenvalue weighted by Gasteiger charge is 2.51. The second kappa shape index (κ2) is 4.30. The normalized spacial score (nSPS) is 30.7. The summed E-state index contributed by atoms with van der Waals surface area (Å²) in [5.74, 6) is 0.801. The molecule has 0 radical (unpaired) electrons. The minimum Gasteiger partial charge on any atom is -0.497 e. The van der Waals surface area contributed by atoms with E-state index in [2.05, 4.69) is 12.1 Å². The maximum absolute atomic E-state index is 11.7. The largest absolute Gasteiger partial charge is 0.497 e. The molecule has 0 spiro atoms. The first kappa shape index (κ1) is 11.6. The second-order valence-corrected chi connectivity index (χ2v) is 5.29. The zero-order chi connectivity index (χ0) is 12.6. The standard InChI is InChI=1S/C15H18O3/c1-17-12-6-4-5-11(9-12)15-8-3-2-7-13(15)18-14(16)10-15/h4-6,9,13H,2-3,7-8,10H2,1H3. The van der Waals surface area contributed by atoms with Crippen LogP contribution in [0, 0.1) is 0 Å². The molecule has 1 aromatic rings. The highest BCUT2D eigenvalue weighted by atomic mass is 16.6. The van der Waals surface area contributed by atoms with Crippen molar-refractivity contribution < 1.29 is 14.3 Å². The monoisotopic (exact) mass is 246 g/mol. The van der Waals surface area contributed by atoms with Crippen LogP contribution >= 0.6 is 0 Å². The van der Waals surface area contributed by atoms with Crippen molar-refractivity contribution in [2.45, 2.75) is 43.6 Å². The van der Waals surface area contributed by atoms with Gasteiger partial charge in [-0.1, -0.05) is 18.6 Å². The number of methoxy groups -OCH3 is 1. The molecule has 3 rings (SSSR count). The van der Waals surface area contributed by atoms with E-state index in [0.717, 1.165) is 25.0 Å². The molecule has 0 N–H and O–H groups in total. The van der Waals surface area contributed by atoms with E-state index in [-0.39, 0.29) is 17.5 Å². The van der Waals surface area contributed by atoms with E-state index in [1.165, 1.54) is 12.0 Å². The van der Waals surface area contributed by atoms with Crippen LogP contribution in [0.15, 0.2) is 24.3 Å². The molecule has 18 heavy (non-hydrogen) atoms. The number of ether oxygens (including phenoxy) is 2. The quantitative estimate of drug-likeness (QED) is 0.753. The average molecular weight is 246 g/mol. The summed E-state index contributed by atoms with van der Waals surface area (Å²) in [5.41, 5.74) is 1.08. The van der Waals surface area contributed by atoms with Gasteiger partial charge in [-0.2, -0.15) is 0 Å². The van der Waals surface area contributed by atoms with Gasteiger partial charge in [-0.3, -0.25) is 4.79 Å². The highest BCUT2D eigenvalue weighted by molar-refractivity contribution is 5.75. The molecule has 0 aromatic heterocycles. The molecule has 2 atom stereocenters. The Bertz CT molecular complexity index is 469. The lowest BCUT2D eigenvalue weighted by atomic mass is 9.67. The lowest BCUT2D eigenvalue weighted by Gasteiger charge is -2.37. The Kier molecular flexibility index (Phi) is 2.77. The minimum atomic E-state index is -0.107. The van der Waals surface area contributed by atoms with Crippen molar-refractivity contribution in [2.75, 3.05) is 7.11 Å². The number of carbonyl (C=O) groups is 1. The van der Waals surface area contributed by atoms with Crippen LogP contribution in [-0.2, 0) is 14.9 Å². The maximum Gasteiger partial charge on any atom is 0.307 e. The Balaban J connectivity index is 2.03. The molecule has 3 heteroatoms. The summed E-state index contributed by atoms with van der Waals surface area (Å²) in [7, 11) is 1.67. The number of esters is 1. The van der Waals surface area contributed by atoms with Crippen LogP contribution in [0.5, 0.6) is 5.75 Å². The molecule has 1 aliphatic heterocycles. The van der Waals surface area contributed by atoms with Gasteiger partial charge in [0.05, 0.1) is 13.5 Å². The lowest BCUT2D eigenvalue weighted by molar-refractivity contribution is -0.142. The molecule has 2 fully saturated rings. The Morgan fingerprint density at radius 2 is 2.28 bits per heavy atom. The van der Waals surface area contributed by atoms with E-state index in [4.69, 9.17) is 9.47 Å². The Hall–Kier alpha value is -1.51. The molecular formula is C15H18O3. The molecule has 1 saturated heterocycles. The molecule has 0 bridgehead atoms. The second-order valence-electron chi connectivity index (χ2n) is 5.29. The van der Waals surface area contributed by atoms with Gasteiger partial charge in [0.1, 0.15) is 11.9 Å². The van der Waals surface area contributed by atoms with E-state index < -0.39 is 0 Å². The SMILES string of the molecule is COc1cccc(C23CCCCC2OC(=O)C3)c1. The smallest absolute Gasteiger partial charge is 0.307 e. The van der Waals surface area contributed by atoms with Crippen molar-refractivity contribution in [1.29, 1.82) is 0 Å². The number of fused-ring (bicyclic) bond motifs is 1. The van der Waals surface area contributed by atoms with E-state index in [1.54, 1.807) is 7.11 Å². The van der Waals surface area contributed by atoms with Crippen molar-refractivity contribution in [3.8, 4) is 5.75 Å². The van der Waals surface area contributed by atoms with Gasteiger partial charge in [0.15, 0.2) is 0 Å². The predicted molar refractivity (Wildman–Crippen MR) is 67.6 cm³/mol. The van der Waals surface area contributed by atoms with Gasteiger partial charge >= 0.3 is 5.97 Å². The van der Waals surface area contributed by atoms with E-state index in [1.807, 2.05) is 12.1 Å². The minimum absolute atomic E-state index is 0.0512. The van der Waals surface area contributed by atoms with Crippen LogP contribution in [0.4, 0.5) is 0 Å². The van der Waals surface area contributed by atoms with Crippen LogP contribution in [0.2, 0.25) is 0 Å². The molecule has 1 saturated carbocycles. The van der Waals surface area contributed by atoms with Gasteiger partial charge in [0.2, 0.25) is 0 Å². The van der Waals surface area contributed by atoms with E-state index in [0.29, 0.717) is 6.42 Å². The molecule has 1 aromatic carbocycles. The van der Waals surface area contributed by atoms with Crippen molar-refractivity contribution in [2.24, 2.45) is 0 Å². The molecule has 3 nitrogen and oxygen atoms in total. The summed E-state index contributed by atoms with van der Waals surface area (Å²) >= 11 is 0. The van der Waals surface area contributed by atoms with Gasteiger partial charge in [-0.25, -0.2) is 0 Å². The number of benzene rings is 1. The van der Waals surface area contributed by atoms with Crippen molar-refractivity contribution in [3.63, 3.8) is 0 Å². The van der Waals surface area contributed by atoms with Gasteiger partial charge < -0.3 is 9.47 Å². The first-order chi connectivity index (χ1) is 8.74. The molecule has 2 aliphatic rings. The first-order valence-corrected chi connectivity index (χ1v) is 6.59. The highest BCUT2D eigenvalue weighted by Crippen LogP contribution is 2.48. The third kappa shape index (κ3) is 1.69. The van der Waals surface area contributed by atoms with Crippen LogP contribution in [0.25, 0.3) is 0 Å². The van der Waals surface area contributed by atoms with Crippen LogP contribution in [-0.4, -0.2) is 19.2 Å². The van der Waals surface area contributed by atoms with Crippen LogP contribution < -0.4 is 4.74 Å². The van der Waals surface area contributed by atoms with Gasteiger partial charge in [-0.05, 0) is 37.0 Å². The molecular weight excluding hydrogens is 228 g/mol. The number of hydrogen-bond donors (Lipinski definition) is 0. The zero-order valence-electron chi connectivity index (χ0n) is 10.6. The van der Waals surface area contributed by atoms with Crippen molar-refractivity contribution >= 4 is 5.97 Å². The Morgan fingerprint density at radius 3 is 3.11 bits per heavy atom. The van der Waals surface area contributed by atoms with Crippen LogP contribution in [0.3, 0.4) is 0 Å². The molecule has 2 unspecified atom stereocenters. The molecule has 96 valence electrons. The third-order valence-corrected chi connectivity index (χ3v) is 4.33. The number of hydrogen-bond acceptors (Lipinski definition) is 3. The predicted octanol–water partition coefficient (Wildman–Crippen LogP) is 2.82. The summed E-state index contributed by atoms with van der Waals surface area (Å²) in [6.45, 7) is 0. The fraction of sp³-hybridized carbons (Fsp3) is 0.533. The van der Waals surface area contributed by atoms with Gasteiger partial charge in [0.25, 0.3) is 0 Å². The number of rotatable bonds is 2.